The van der Waals surface area contributed by atoms with Gasteiger partial charge in [0.1, 0.15) is 11.8 Å². The van der Waals surface area contributed by atoms with Crippen molar-refractivity contribution in [2.24, 2.45) is 0 Å². The van der Waals surface area contributed by atoms with E-state index in [2.05, 4.69) is 5.32 Å². The topological polar surface area (TPSA) is 75.6 Å². The fourth-order valence-electron chi connectivity index (χ4n) is 2.01. The van der Waals surface area contributed by atoms with Gasteiger partial charge in [0, 0.05) is 0 Å². The molecule has 0 aliphatic heterocycles. The first-order chi connectivity index (χ1) is 9.99. The van der Waals surface area contributed by atoms with Crippen molar-refractivity contribution in [1.29, 1.82) is 0 Å². The zero-order valence-corrected chi connectivity index (χ0v) is 12.8. The second-order valence-electron chi connectivity index (χ2n) is 5.04. The number of unbranched alkanes of at least 4 members (excludes halogenated alkanes) is 1. The highest BCUT2D eigenvalue weighted by molar-refractivity contribution is 5.87. The van der Waals surface area contributed by atoms with E-state index < -0.39 is 17.9 Å². The SMILES string of the molecule is CCCC[C@H](NC(=O)C(C)c1ccc(OC)cc1)C(=O)O. The third-order valence-electron chi connectivity index (χ3n) is 3.47. The van der Waals surface area contributed by atoms with Crippen LogP contribution in [-0.2, 0) is 9.59 Å². The monoisotopic (exact) mass is 293 g/mol. The number of carboxylic acids is 1. The summed E-state index contributed by atoms with van der Waals surface area (Å²) in [7, 11) is 1.58. The molecular formula is C16H23NO4. The summed E-state index contributed by atoms with van der Waals surface area (Å²) >= 11 is 0. The van der Waals surface area contributed by atoms with Crippen LogP contribution in [0.3, 0.4) is 0 Å². The second-order valence-corrected chi connectivity index (χ2v) is 5.04. The maximum Gasteiger partial charge on any atom is 0.326 e. The lowest BCUT2D eigenvalue weighted by atomic mass is 9.99. The molecule has 0 aliphatic rings. The minimum atomic E-state index is -0.987. The summed E-state index contributed by atoms with van der Waals surface area (Å²) in [6, 6.07) is 6.36. The molecule has 1 aromatic rings. The number of hydrogen-bond acceptors (Lipinski definition) is 3. The first-order valence-corrected chi connectivity index (χ1v) is 7.16. The smallest absolute Gasteiger partial charge is 0.326 e. The molecule has 0 aromatic heterocycles. The lowest BCUT2D eigenvalue weighted by Crippen LogP contribution is -2.42. The molecule has 0 bridgehead atoms. The molecule has 1 rings (SSSR count). The van der Waals surface area contributed by atoms with E-state index in [0.717, 1.165) is 24.2 Å². The molecule has 1 unspecified atom stereocenters. The lowest BCUT2D eigenvalue weighted by molar-refractivity contribution is -0.142. The van der Waals surface area contributed by atoms with Gasteiger partial charge in [0.05, 0.1) is 13.0 Å². The van der Waals surface area contributed by atoms with E-state index in [0.29, 0.717) is 6.42 Å². The Kier molecular flexibility index (Phi) is 6.72. The van der Waals surface area contributed by atoms with Gasteiger partial charge in [-0.2, -0.15) is 0 Å². The summed E-state index contributed by atoms with van der Waals surface area (Å²) in [6.07, 6.45) is 2.12. The van der Waals surface area contributed by atoms with Crippen molar-refractivity contribution in [3.05, 3.63) is 29.8 Å². The fraction of sp³-hybridized carbons (Fsp3) is 0.500. The molecule has 116 valence electrons. The van der Waals surface area contributed by atoms with Crippen LogP contribution in [0, 0.1) is 0 Å². The Morgan fingerprint density at radius 3 is 2.38 bits per heavy atom. The van der Waals surface area contributed by atoms with Crippen LogP contribution < -0.4 is 10.1 Å². The van der Waals surface area contributed by atoms with Crippen molar-refractivity contribution in [3.63, 3.8) is 0 Å². The number of nitrogens with one attached hydrogen (secondary N) is 1. The predicted molar refractivity (Wildman–Crippen MR) is 80.5 cm³/mol. The maximum atomic E-state index is 12.2. The summed E-state index contributed by atoms with van der Waals surface area (Å²) in [4.78, 5) is 23.3. The molecule has 5 heteroatoms. The Morgan fingerprint density at radius 2 is 1.90 bits per heavy atom. The van der Waals surface area contributed by atoms with Gasteiger partial charge in [-0.25, -0.2) is 4.79 Å². The summed E-state index contributed by atoms with van der Waals surface area (Å²) in [6.45, 7) is 3.75. The molecule has 0 saturated heterocycles. The molecule has 0 saturated carbocycles. The fourth-order valence-corrected chi connectivity index (χ4v) is 2.01. The zero-order chi connectivity index (χ0) is 15.8. The van der Waals surface area contributed by atoms with Crippen LogP contribution in [0.15, 0.2) is 24.3 Å². The maximum absolute atomic E-state index is 12.2. The van der Waals surface area contributed by atoms with E-state index in [1.165, 1.54) is 0 Å². The van der Waals surface area contributed by atoms with Crippen molar-refractivity contribution in [2.75, 3.05) is 7.11 Å². The third-order valence-corrected chi connectivity index (χ3v) is 3.47. The summed E-state index contributed by atoms with van der Waals surface area (Å²) in [5.41, 5.74) is 0.827. The van der Waals surface area contributed by atoms with Crippen LogP contribution in [0.1, 0.15) is 44.6 Å². The van der Waals surface area contributed by atoms with Crippen molar-refractivity contribution in [1.82, 2.24) is 5.32 Å². The number of amides is 1. The third kappa shape index (κ3) is 5.10. The quantitative estimate of drug-likeness (QED) is 0.772. The summed E-state index contributed by atoms with van der Waals surface area (Å²) in [5.74, 6) is -0.945. The van der Waals surface area contributed by atoms with Crippen LogP contribution in [0.2, 0.25) is 0 Å². The van der Waals surface area contributed by atoms with Gasteiger partial charge in [-0.3, -0.25) is 4.79 Å². The zero-order valence-electron chi connectivity index (χ0n) is 12.8. The number of carbonyl (C=O) groups is 2. The Morgan fingerprint density at radius 1 is 1.29 bits per heavy atom. The first kappa shape index (κ1) is 17.0. The van der Waals surface area contributed by atoms with Crippen LogP contribution >= 0.6 is 0 Å². The summed E-state index contributed by atoms with van der Waals surface area (Å²) < 4.78 is 5.07. The minimum Gasteiger partial charge on any atom is -0.497 e. The molecular weight excluding hydrogens is 270 g/mol. The number of rotatable bonds is 8. The van der Waals surface area contributed by atoms with Gasteiger partial charge in [-0.05, 0) is 31.0 Å². The van der Waals surface area contributed by atoms with Crippen molar-refractivity contribution in [2.45, 2.75) is 45.1 Å². The standard InChI is InChI=1S/C16H23NO4/c1-4-5-6-14(16(19)20)17-15(18)11(2)12-7-9-13(21-3)10-8-12/h7-11,14H,4-6H2,1-3H3,(H,17,18)(H,19,20)/t11?,14-/m0/s1. The van der Waals surface area contributed by atoms with Gasteiger partial charge in [-0.1, -0.05) is 31.9 Å². The number of hydrogen-bond donors (Lipinski definition) is 2. The average Bonchev–Trinajstić information content (AvgIpc) is 2.50. The molecule has 5 nitrogen and oxygen atoms in total. The highest BCUT2D eigenvalue weighted by Crippen LogP contribution is 2.19. The molecule has 0 fully saturated rings. The van der Waals surface area contributed by atoms with Gasteiger partial charge in [-0.15, -0.1) is 0 Å². The number of carbonyl (C=O) groups excluding carboxylic acids is 1. The number of methoxy groups -OCH3 is 1. The molecule has 0 heterocycles. The van der Waals surface area contributed by atoms with Gasteiger partial charge < -0.3 is 15.2 Å². The van der Waals surface area contributed by atoms with Gasteiger partial charge in [0.15, 0.2) is 0 Å². The van der Waals surface area contributed by atoms with E-state index in [1.54, 1.807) is 26.2 Å². The number of aliphatic carboxylic acids is 1. The van der Waals surface area contributed by atoms with Crippen molar-refractivity contribution in [3.8, 4) is 5.75 Å². The van der Waals surface area contributed by atoms with Crippen molar-refractivity contribution < 1.29 is 19.4 Å². The Hall–Kier alpha value is -2.04. The number of benzene rings is 1. The van der Waals surface area contributed by atoms with E-state index in [-0.39, 0.29) is 5.91 Å². The Balaban J connectivity index is 2.69. The molecule has 0 spiro atoms. The van der Waals surface area contributed by atoms with E-state index >= 15 is 0 Å². The number of ether oxygens (including phenoxy) is 1. The van der Waals surface area contributed by atoms with Crippen LogP contribution in [0.5, 0.6) is 5.75 Å². The van der Waals surface area contributed by atoms with Crippen LogP contribution in [0.4, 0.5) is 0 Å². The normalized spacial score (nSPS) is 13.3. The molecule has 2 N–H and O–H groups in total. The van der Waals surface area contributed by atoms with Crippen LogP contribution in [-0.4, -0.2) is 30.1 Å². The highest BCUT2D eigenvalue weighted by Gasteiger charge is 2.23. The average molecular weight is 293 g/mol. The molecule has 1 amide bonds. The molecule has 21 heavy (non-hydrogen) atoms. The summed E-state index contributed by atoms with van der Waals surface area (Å²) in [5, 5.41) is 11.7. The molecule has 0 aliphatic carbocycles. The predicted octanol–water partition coefficient (Wildman–Crippen LogP) is 2.56. The lowest BCUT2D eigenvalue weighted by Gasteiger charge is -2.18. The Bertz CT molecular complexity index is 470. The van der Waals surface area contributed by atoms with Gasteiger partial charge in [0.25, 0.3) is 0 Å². The van der Waals surface area contributed by atoms with E-state index in [9.17, 15) is 9.59 Å². The van der Waals surface area contributed by atoms with E-state index in [4.69, 9.17) is 9.84 Å². The second kappa shape index (κ2) is 8.29. The Labute approximate surface area is 125 Å². The molecule has 1 aromatic carbocycles. The first-order valence-electron chi connectivity index (χ1n) is 7.16. The largest absolute Gasteiger partial charge is 0.497 e. The molecule has 2 atom stereocenters. The van der Waals surface area contributed by atoms with Gasteiger partial charge >= 0.3 is 5.97 Å². The van der Waals surface area contributed by atoms with Crippen molar-refractivity contribution >= 4 is 11.9 Å². The highest BCUT2D eigenvalue weighted by atomic mass is 16.5. The van der Waals surface area contributed by atoms with Gasteiger partial charge in [0.2, 0.25) is 5.91 Å². The van der Waals surface area contributed by atoms with Crippen LogP contribution in [0.25, 0.3) is 0 Å². The van der Waals surface area contributed by atoms with E-state index in [1.807, 2.05) is 19.1 Å². The minimum absolute atomic E-state index is 0.274. The molecule has 0 radical (unpaired) electrons. The number of carboxylic acid groups (broad SMARTS) is 1.